The minimum absolute atomic E-state index is 0.00886. The second-order valence-corrected chi connectivity index (χ2v) is 5.62. The SMILES string of the molecule is O=C(c1ncccc1O)N1CCC[C@H]2CCCC[C@H]21. The topological polar surface area (TPSA) is 53.4 Å². The number of likely N-dealkylation sites (tertiary alicyclic amines) is 1. The molecular weight excluding hydrogens is 240 g/mol. The van der Waals surface area contributed by atoms with E-state index in [0.717, 1.165) is 19.4 Å². The predicted molar refractivity (Wildman–Crippen MR) is 71.9 cm³/mol. The number of hydrogen-bond acceptors (Lipinski definition) is 3. The molecule has 2 aliphatic rings. The number of rotatable bonds is 1. The molecule has 1 aromatic rings. The first-order valence-corrected chi connectivity index (χ1v) is 7.22. The molecule has 1 saturated heterocycles. The number of pyridine rings is 1. The van der Waals surface area contributed by atoms with Crippen LogP contribution in [0.15, 0.2) is 18.3 Å². The molecule has 0 bridgehead atoms. The van der Waals surface area contributed by atoms with Gasteiger partial charge in [0, 0.05) is 18.8 Å². The van der Waals surface area contributed by atoms with E-state index in [1.807, 2.05) is 4.90 Å². The summed E-state index contributed by atoms with van der Waals surface area (Å²) in [6.45, 7) is 0.802. The van der Waals surface area contributed by atoms with Gasteiger partial charge in [-0.1, -0.05) is 12.8 Å². The molecule has 2 fully saturated rings. The smallest absolute Gasteiger partial charge is 0.276 e. The average Bonchev–Trinajstić information content (AvgIpc) is 2.46. The van der Waals surface area contributed by atoms with E-state index in [1.54, 1.807) is 12.3 Å². The van der Waals surface area contributed by atoms with Crippen molar-refractivity contribution in [1.82, 2.24) is 9.88 Å². The molecule has 2 heterocycles. The van der Waals surface area contributed by atoms with Crippen LogP contribution in [0.25, 0.3) is 0 Å². The Hall–Kier alpha value is -1.58. The summed E-state index contributed by atoms with van der Waals surface area (Å²) in [7, 11) is 0. The number of carbonyl (C=O) groups is 1. The lowest BCUT2D eigenvalue weighted by Gasteiger charge is -2.44. The van der Waals surface area contributed by atoms with Crippen LogP contribution in [0.5, 0.6) is 5.75 Å². The fourth-order valence-corrected chi connectivity index (χ4v) is 3.57. The highest BCUT2D eigenvalue weighted by Gasteiger charge is 2.36. The van der Waals surface area contributed by atoms with Crippen molar-refractivity contribution in [2.24, 2.45) is 5.92 Å². The van der Waals surface area contributed by atoms with Crippen molar-refractivity contribution >= 4 is 5.91 Å². The molecule has 1 amide bonds. The van der Waals surface area contributed by atoms with E-state index in [4.69, 9.17) is 0 Å². The molecule has 1 aliphatic carbocycles. The molecule has 19 heavy (non-hydrogen) atoms. The number of piperidine rings is 1. The zero-order chi connectivity index (χ0) is 13.2. The van der Waals surface area contributed by atoms with Crippen LogP contribution in [0.4, 0.5) is 0 Å². The third kappa shape index (κ3) is 2.31. The molecule has 1 aliphatic heterocycles. The van der Waals surface area contributed by atoms with Crippen molar-refractivity contribution in [3.63, 3.8) is 0 Å². The van der Waals surface area contributed by atoms with Gasteiger partial charge in [-0.25, -0.2) is 4.98 Å². The van der Waals surface area contributed by atoms with Gasteiger partial charge >= 0.3 is 0 Å². The summed E-state index contributed by atoms with van der Waals surface area (Å²) < 4.78 is 0. The molecule has 4 heteroatoms. The molecule has 2 atom stereocenters. The molecular formula is C15H20N2O2. The normalized spacial score (nSPS) is 26.8. The van der Waals surface area contributed by atoms with E-state index < -0.39 is 0 Å². The van der Waals surface area contributed by atoms with E-state index in [9.17, 15) is 9.90 Å². The Morgan fingerprint density at radius 1 is 1.26 bits per heavy atom. The summed E-state index contributed by atoms with van der Waals surface area (Å²) in [6, 6.07) is 3.53. The maximum Gasteiger partial charge on any atom is 0.276 e. The highest BCUT2D eigenvalue weighted by Crippen LogP contribution is 2.36. The second-order valence-electron chi connectivity index (χ2n) is 5.62. The average molecular weight is 260 g/mol. The molecule has 1 aromatic heterocycles. The Labute approximate surface area is 113 Å². The van der Waals surface area contributed by atoms with Crippen molar-refractivity contribution < 1.29 is 9.90 Å². The van der Waals surface area contributed by atoms with Crippen molar-refractivity contribution in [1.29, 1.82) is 0 Å². The molecule has 4 nitrogen and oxygen atoms in total. The summed E-state index contributed by atoms with van der Waals surface area (Å²) in [4.78, 5) is 18.6. The van der Waals surface area contributed by atoms with Crippen molar-refractivity contribution in [2.45, 2.75) is 44.6 Å². The monoisotopic (exact) mass is 260 g/mol. The van der Waals surface area contributed by atoms with Gasteiger partial charge in [-0.2, -0.15) is 0 Å². The summed E-state index contributed by atoms with van der Waals surface area (Å²) in [5.74, 6) is 0.539. The third-order valence-corrected chi connectivity index (χ3v) is 4.49. The fourth-order valence-electron chi connectivity index (χ4n) is 3.57. The van der Waals surface area contributed by atoms with E-state index in [-0.39, 0.29) is 17.4 Å². The molecule has 1 N–H and O–H groups in total. The van der Waals surface area contributed by atoms with Crippen molar-refractivity contribution in [2.75, 3.05) is 6.54 Å². The summed E-state index contributed by atoms with van der Waals surface area (Å²) in [5, 5.41) is 9.80. The van der Waals surface area contributed by atoms with Gasteiger partial charge in [0.05, 0.1) is 0 Å². The van der Waals surface area contributed by atoms with E-state index in [2.05, 4.69) is 4.98 Å². The number of fused-ring (bicyclic) bond motifs is 1. The number of aromatic nitrogens is 1. The summed E-state index contributed by atoms with van der Waals surface area (Å²) in [6.07, 6.45) is 8.71. The molecule has 0 aromatic carbocycles. The van der Waals surface area contributed by atoms with Crippen LogP contribution in [0.1, 0.15) is 49.0 Å². The molecule has 0 radical (unpaired) electrons. The number of hydrogen-bond donors (Lipinski definition) is 1. The Morgan fingerprint density at radius 2 is 2.05 bits per heavy atom. The number of amides is 1. The lowest BCUT2D eigenvalue weighted by molar-refractivity contribution is 0.0382. The lowest BCUT2D eigenvalue weighted by atomic mass is 9.78. The number of nitrogens with zero attached hydrogens (tertiary/aromatic N) is 2. The van der Waals surface area contributed by atoms with Crippen LogP contribution in [0.3, 0.4) is 0 Å². The van der Waals surface area contributed by atoms with Gasteiger partial charge in [-0.15, -0.1) is 0 Å². The maximum absolute atomic E-state index is 12.6. The third-order valence-electron chi connectivity index (χ3n) is 4.49. The Bertz CT molecular complexity index is 473. The van der Waals surface area contributed by atoms with Gasteiger partial charge in [0.2, 0.25) is 0 Å². The minimum Gasteiger partial charge on any atom is -0.505 e. The van der Waals surface area contributed by atoms with Crippen LogP contribution in [0, 0.1) is 5.92 Å². The van der Waals surface area contributed by atoms with Gasteiger partial charge in [-0.05, 0) is 43.7 Å². The zero-order valence-electron chi connectivity index (χ0n) is 11.1. The zero-order valence-corrected chi connectivity index (χ0v) is 11.1. The molecule has 3 rings (SSSR count). The highest BCUT2D eigenvalue weighted by molar-refractivity contribution is 5.95. The Kier molecular flexibility index (Phi) is 3.40. The van der Waals surface area contributed by atoms with Gasteiger partial charge in [-0.3, -0.25) is 4.79 Å². The number of aromatic hydroxyl groups is 1. The van der Waals surface area contributed by atoms with Crippen LogP contribution in [-0.4, -0.2) is 33.5 Å². The quantitative estimate of drug-likeness (QED) is 0.844. The lowest BCUT2D eigenvalue weighted by Crippen LogP contribution is -2.49. The van der Waals surface area contributed by atoms with Crippen LogP contribution in [-0.2, 0) is 0 Å². The van der Waals surface area contributed by atoms with Gasteiger partial charge < -0.3 is 10.0 Å². The molecule has 102 valence electrons. The van der Waals surface area contributed by atoms with Crippen LogP contribution in [0.2, 0.25) is 0 Å². The summed E-state index contributed by atoms with van der Waals surface area (Å²) in [5.41, 5.74) is 0.203. The summed E-state index contributed by atoms with van der Waals surface area (Å²) >= 11 is 0. The first-order chi connectivity index (χ1) is 9.27. The Morgan fingerprint density at radius 3 is 2.89 bits per heavy atom. The van der Waals surface area contributed by atoms with Crippen molar-refractivity contribution in [3.8, 4) is 5.75 Å². The first-order valence-electron chi connectivity index (χ1n) is 7.22. The largest absolute Gasteiger partial charge is 0.505 e. The molecule has 0 spiro atoms. The van der Waals surface area contributed by atoms with Crippen LogP contribution < -0.4 is 0 Å². The standard InChI is InChI=1S/C15H20N2O2/c18-13-8-3-9-16-14(13)15(19)17-10-4-6-11-5-1-2-7-12(11)17/h3,8-9,11-12,18H,1-2,4-7,10H2/t11-,12-/m1/s1. The van der Waals surface area contributed by atoms with E-state index in [1.165, 1.54) is 31.7 Å². The predicted octanol–water partition coefficient (Wildman–Crippen LogP) is 2.58. The Balaban J connectivity index is 1.84. The van der Waals surface area contributed by atoms with Gasteiger partial charge in [0.15, 0.2) is 5.69 Å². The maximum atomic E-state index is 12.6. The van der Waals surface area contributed by atoms with Crippen molar-refractivity contribution in [3.05, 3.63) is 24.0 Å². The number of carbonyl (C=O) groups excluding carboxylic acids is 1. The van der Waals surface area contributed by atoms with E-state index in [0.29, 0.717) is 12.0 Å². The molecule has 0 unspecified atom stereocenters. The molecule has 1 saturated carbocycles. The fraction of sp³-hybridized carbons (Fsp3) is 0.600. The highest BCUT2D eigenvalue weighted by atomic mass is 16.3. The van der Waals surface area contributed by atoms with Crippen LogP contribution >= 0.6 is 0 Å². The second kappa shape index (κ2) is 5.19. The van der Waals surface area contributed by atoms with Gasteiger partial charge in [0.25, 0.3) is 5.91 Å². The first kappa shape index (κ1) is 12.5. The minimum atomic E-state index is -0.102. The van der Waals surface area contributed by atoms with Gasteiger partial charge in [0.1, 0.15) is 5.75 Å². The van der Waals surface area contributed by atoms with E-state index >= 15 is 0 Å².